The van der Waals surface area contributed by atoms with Crippen LogP contribution in [0.1, 0.15) is 21.8 Å². The smallest absolute Gasteiger partial charge is 0.257 e. The summed E-state index contributed by atoms with van der Waals surface area (Å²) in [5.74, 6) is -1.84. The first-order chi connectivity index (χ1) is 16.0. The minimum absolute atomic E-state index is 0.0583. The summed E-state index contributed by atoms with van der Waals surface area (Å²) in [7, 11) is 0. The highest BCUT2D eigenvalue weighted by Crippen LogP contribution is 2.43. The number of carbonyl (C=O) groups excluding carboxylic acids is 2. The Balaban J connectivity index is 1.39. The summed E-state index contributed by atoms with van der Waals surface area (Å²) in [5, 5.41) is 9.96. The van der Waals surface area contributed by atoms with Crippen LogP contribution in [0.2, 0.25) is 0 Å². The lowest BCUT2D eigenvalue weighted by Gasteiger charge is -2.58. The van der Waals surface area contributed by atoms with Crippen LogP contribution < -0.4 is 0 Å². The van der Waals surface area contributed by atoms with Crippen molar-refractivity contribution in [1.82, 2.24) is 9.80 Å². The first-order valence-electron chi connectivity index (χ1n) is 10.8. The highest BCUT2D eigenvalue weighted by Gasteiger charge is 2.54. The number of hydrogen-bond donors (Lipinski definition) is 1. The number of aliphatic hydroxyl groups is 1. The maximum absolute atomic E-state index is 14.1. The van der Waals surface area contributed by atoms with Gasteiger partial charge in [-0.05, 0) is 41.0 Å². The van der Waals surface area contributed by atoms with E-state index < -0.39 is 11.7 Å². The van der Waals surface area contributed by atoms with E-state index in [1.165, 1.54) is 35.2 Å². The Morgan fingerprint density at radius 3 is 2.21 bits per heavy atom. The molecule has 2 saturated heterocycles. The van der Waals surface area contributed by atoms with Gasteiger partial charge in [0.1, 0.15) is 18.2 Å². The molecule has 2 fully saturated rings. The molecule has 0 unspecified atom stereocenters. The van der Waals surface area contributed by atoms with Crippen LogP contribution in [0.15, 0.2) is 72.8 Å². The molecule has 7 heteroatoms. The quantitative estimate of drug-likeness (QED) is 0.665. The molecular weight excluding hydrogens is 426 g/mol. The van der Waals surface area contributed by atoms with E-state index in [0.717, 1.165) is 16.7 Å². The van der Waals surface area contributed by atoms with Gasteiger partial charge in [0.2, 0.25) is 5.91 Å². The fourth-order valence-electron chi connectivity index (χ4n) is 5.00. The van der Waals surface area contributed by atoms with Crippen LogP contribution in [-0.2, 0) is 4.79 Å². The third kappa shape index (κ3) is 3.68. The lowest BCUT2D eigenvalue weighted by molar-refractivity contribution is -0.159. The van der Waals surface area contributed by atoms with Crippen molar-refractivity contribution in [3.05, 3.63) is 95.6 Å². The predicted octanol–water partition coefficient (Wildman–Crippen LogP) is 3.44. The van der Waals surface area contributed by atoms with E-state index in [9.17, 15) is 23.5 Å². The van der Waals surface area contributed by atoms with E-state index in [1.54, 1.807) is 23.1 Å². The minimum Gasteiger partial charge on any atom is -0.394 e. The standard InChI is InChI=1S/C26H22F2N2O3/c27-19-11-9-17(10-12-19)16-5-7-18(8-6-16)25-22-13-29(14-24(32)30(22)23(25)15-31)26(33)20-3-1-2-4-21(20)28/h1-12,22-23,25,31H,13-15H2/t22-,23+,25-/m0/s1. The topological polar surface area (TPSA) is 60.9 Å². The minimum atomic E-state index is -0.618. The fourth-order valence-corrected chi connectivity index (χ4v) is 5.00. The van der Waals surface area contributed by atoms with Crippen molar-refractivity contribution in [3.63, 3.8) is 0 Å². The summed E-state index contributed by atoms with van der Waals surface area (Å²) in [6.07, 6.45) is 0. The number of hydrogen-bond acceptors (Lipinski definition) is 3. The largest absolute Gasteiger partial charge is 0.394 e. The van der Waals surface area contributed by atoms with Crippen molar-refractivity contribution < 1.29 is 23.5 Å². The molecule has 0 radical (unpaired) electrons. The summed E-state index contributed by atoms with van der Waals surface area (Å²) in [6.45, 7) is -0.0654. The van der Waals surface area contributed by atoms with E-state index in [2.05, 4.69) is 0 Å². The van der Waals surface area contributed by atoms with Crippen molar-refractivity contribution in [3.8, 4) is 11.1 Å². The van der Waals surface area contributed by atoms with E-state index >= 15 is 0 Å². The van der Waals surface area contributed by atoms with Crippen LogP contribution in [-0.4, -0.2) is 58.5 Å². The van der Waals surface area contributed by atoms with E-state index in [4.69, 9.17) is 0 Å². The molecule has 0 aromatic heterocycles. The molecule has 2 amide bonds. The zero-order valence-corrected chi connectivity index (χ0v) is 17.7. The molecule has 1 N–H and O–H groups in total. The van der Waals surface area contributed by atoms with Gasteiger partial charge in [-0.3, -0.25) is 9.59 Å². The number of rotatable bonds is 4. The van der Waals surface area contributed by atoms with Crippen molar-refractivity contribution in [2.45, 2.75) is 18.0 Å². The maximum atomic E-state index is 14.1. The number of halogens is 2. The molecule has 2 heterocycles. The lowest BCUT2D eigenvalue weighted by Crippen LogP contribution is -2.73. The van der Waals surface area contributed by atoms with Crippen molar-refractivity contribution in [2.75, 3.05) is 19.7 Å². The highest BCUT2D eigenvalue weighted by molar-refractivity contribution is 5.97. The molecule has 0 aliphatic carbocycles. The Bertz CT molecular complexity index is 1200. The van der Waals surface area contributed by atoms with E-state index in [0.29, 0.717) is 0 Å². The lowest BCUT2D eigenvalue weighted by atomic mass is 9.73. The number of carbonyl (C=O) groups is 2. The van der Waals surface area contributed by atoms with Crippen molar-refractivity contribution in [2.24, 2.45) is 0 Å². The summed E-state index contributed by atoms with van der Waals surface area (Å²) in [5.41, 5.74) is 2.68. The van der Waals surface area contributed by atoms with E-state index in [-0.39, 0.29) is 55.0 Å². The predicted molar refractivity (Wildman–Crippen MR) is 118 cm³/mol. The Morgan fingerprint density at radius 1 is 0.939 bits per heavy atom. The van der Waals surface area contributed by atoms with Gasteiger partial charge in [0.25, 0.3) is 5.91 Å². The number of aliphatic hydroxyl groups excluding tert-OH is 1. The molecule has 5 nitrogen and oxygen atoms in total. The second-order valence-corrected chi connectivity index (χ2v) is 8.44. The first-order valence-corrected chi connectivity index (χ1v) is 10.8. The first kappa shape index (κ1) is 21.3. The number of nitrogens with zero attached hydrogens (tertiary/aromatic N) is 2. The summed E-state index contributed by atoms with van der Waals surface area (Å²) in [6, 6.07) is 19.0. The molecule has 2 aliphatic rings. The van der Waals surface area contributed by atoms with Crippen LogP contribution in [0.5, 0.6) is 0 Å². The zero-order valence-electron chi connectivity index (χ0n) is 17.7. The highest BCUT2D eigenvalue weighted by atomic mass is 19.1. The second kappa shape index (κ2) is 8.41. The van der Waals surface area contributed by atoms with Crippen molar-refractivity contribution >= 4 is 11.8 Å². The molecule has 2 aliphatic heterocycles. The monoisotopic (exact) mass is 448 g/mol. The molecule has 5 rings (SSSR count). The molecule has 168 valence electrons. The van der Waals surface area contributed by atoms with Gasteiger partial charge in [0.15, 0.2) is 0 Å². The Morgan fingerprint density at radius 2 is 1.58 bits per heavy atom. The van der Waals surface area contributed by atoms with Crippen LogP contribution in [0.25, 0.3) is 11.1 Å². The van der Waals surface area contributed by atoms with Gasteiger partial charge in [0.05, 0.1) is 24.3 Å². The third-order valence-corrected chi connectivity index (χ3v) is 6.62. The average molecular weight is 448 g/mol. The van der Waals surface area contributed by atoms with Gasteiger partial charge in [-0.25, -0.2) is 8.78 Å². The van der Waals surface area contributed by atoms with Gasteiger partial charge < -0.3 is 14.9 Å². The molecule has 3 aromatic carbocycles. The Hall–Kier alpha value is -3.58. The van der Waals surface area contributed by atoms with Crippen LogP contribution in [0.4, 0.5) is 8.78 Å². The third-order valence-electron chi connectivity index (χ3n) is 6.62. The van der Waals surface area contributed by atoms with E-state index in [1.807, 2.05) is 24.3 Å². The number of fused-ring (bicyclic) bond motifs is 1. The zero-order chi connectivity index (χ0) is 23.1. The van der Waals surface area contributed by atoms with Gasteiger partial charge in [-0.2, -0.15) is 0 Å². The fraction of sp³-hybridized carbons (Fsp3) is 0.231. The molecule has 0 saturated carbocycles. The van der Waals surface area contributed by atoms with Crippen molar-refractivity contribution in [1.29, 1.82) is 0 Å². The summed E-state index contributed by atoms with van der Waals surface area (Å²) >= 11 is 0. The SMILES string of the molecule is O=C(c1ccccc1F)N1CC(=O)N2[C@H](CO)[C@@H](c3ccc(-c4ccc(F)cc4)cc3)[C@@H]2C1. The van der Waals surface area contributed by atoms with Crippen LogP contribution in [0.3, 0.4) is 0 Å². The number of amides is 2. The molecule has 3 atom stereocenters. The van der Waals surface area contributed by atoms with Crippen LogP contribution in [0, 0.1) is 11.6 Å². The molecular formula is C26H22F2N2O3. The Kier molecular flexibility index (Phi) is 5.42. The normalized spacial score (nSPS) is 22.0. The van der Waals surface area contributed by atoms with Gasteiger partial charge >= 0.3 is 0 Å². The molecule has 3 aromatic rings. The van der Waals surface area contributed by atoms with Crippen LogP contribution >= 0.6 is 0 Å². The van der Waals surface area contributed by atoms with Gasteiger partial charge in [-0.15, -0.1) is 0 Å². The Labute approximate surface area is 189 Å². The molecule has 33 heavy (non-hydrogen) atoms. The summed E-state index contributed by atoms with van der Waals surface area (Å²) < 4.78 is 27.4. The number of benzene rings is 3. The second-order valence-electron chi connectivity index (χ2n) is 8.44. The summed E-state index contributed by atoms with van der Waals surface area (Å²) in [4.78, 5) is 28.7. The van der Waals surface area contributed by atoms with Gasteiger partial charge in [-0.1, -0.05) is 48.5 Å². The van der Waals surface area contributed by atoms with Gasteiger partial charge in [0, 0.05) is 12.5 Å². The molecule has 0 bridgehead atoms. The molecule has 0 spiro atoms. The average Bonchev–Trinajstić information content (AvgIpc) is 2.81. The maximum Gasteiger partial charge on any atom is 0.257 e. The number of piperazine rings is 1.